The molecule has 1 rings (SSSR count). The molecule has 1 aliphatic heterocycles. The van der Waals surface area contributed by atoms with Gasteiger partial charge in [-0.2, -0.15) is 0 Å². The summed E-state index contributed by atoms with van der Waals surface area (Å²) < 4.78 is 10.8. The van der Waals surface area contributed by atoms with Crippen molar-refractivity contribution in [2.45, 2.75) is 38.1 Å². The smallest absolute Gasteiger partial charge is 0.240 e. The maximum absolute atomic E-state index is 11.9. The molecule has 2 N–H and O–H groups in total. The quantitative estimate of drug-likeness (QED) is 0.691. The standard InChI is InChI=1S/C11H22N2O2S/c1-11(6-3-4-8-13-11)10(14)12-7-5-9-16(2)15/h13H,3-9H2,1-2H3,(H,12,14). The van der Waals surface area contributed by atoms with Crippen LogP contribution in [0.2, 0.25) is 0 Å². The van der Waals surface area contributed by atoms with E-state index in [1.54, 1.807) is 6.26 Å². The van der Waals surface area contributed by atoms with Crippen LogP contribution in [0.15, 0.2) is 0 Å². The van der Waals surface area contributed by atoms with Gasteiger partial charge in [0.25, 0.3) is 0 Å². The van der Waals surface area contributed by atoms with Crippen molar-refractivity contribution in [1.82, 2.24) is 10.6 Å². The van der Waals surface area contributed by atoms with Crippen LogP contribution in [0.25, 0.3) is 0 Å². The summed E-state index contributed by atoms with van der Waals surface area (Å²) in [4.78, 5) is 11.9. The summed E-state index contributed by atoms with van der Waals surface area (Å²) in [6.07, 6.45) is 5.63. The van der Waals surface area contributed by atoms with Gasteiger partial charge < -0.3 is 10.6 Å². The lowest BCUT2D eigenvalue weighted by Crippen LogP contribution is -2.57. The molecule has 1 amide bonds. The van der Waals surface area contributed by atoms with Crippen molar-refractivity contribution in [2.75, 3.05) is 25.1 Å². The predicted octanol–water partition coefficient (Wildman–Crippen LogP) is 0.403. The van der Waals surface area contributed by atoms with Crippen LogP contribution < -0.4 is 10.6 Å². The minimum Gasteiger partial charge on any atom is -0.354 e. The molecule has 0 spiro atoms. The van der Waals surface area contributed by atoms with Crippen molar-refractivity contribution in [3.05, 3.63) is 0 Å². The molecule has 94 valence electrons. The number of carbonyl (C=O) groups is 1. The highest BCUT2D eigenvalue weighted by Gasteiger charge is 2.33. The molecule has 0 aromatic rings. The number of hydrogen-bond donors (Lipinski definition) is 2. The molecule has 0 saturated carbocycles. The van der Waals surface area contributed by atoms with Crippen molar-refractivity contribution >= 4 is 16.7 Å². The van der Waals surface area contributed by atoms with Crippen LogP contribution in [-0.2, 0) is 15.6 Å². The Hall–Kier alpha value is -0.420. The first-order valence-corrected chi connectivity index (χ1v) is 7.61. The first kappa shape index (κ1) is 13.6. The zero-order valence-electron chi connectivity index (χ0n) is 10.2. The second kappa shape index (κ2) is 6.35. The van der Waals surface area contributed by atoms with Crippen molar-refractivity contribution in [3.63, 3.8) is 0 Å². The molecule has 2 atom stereocenters. The van der Waals surface area contributed by atoms with Gasteiger partial charge in [-0.3, -0.25) is 9.00 Å². The highest BCUT2D eigenvalue weighted by atomic mass is 32.2. The molecule has 0 bridgehead atoms. The summed E-state index contributed by atoms with van der Waals surface area (Å²) in [6, 6.07) is 0. The molecule has 1 aliphatic rings. The van der Waals surface area contributed by atoms with Crippen LogP contribution in [0.4, 0.5) is 0 Å². The maximum atomic E-state index is 11.9. The first-order chi connectivity index (χ1) is 7.54. The SMILES string of the molecule is CS(=O)CCCNC(=O)C1(C)CCCCN1. The van der Waals surface area contributed by atoms with Gasteiger partial charge in [0.15, 0.2) is 0 Å². The van der Waals surface area contributed by atoms with Crippen molar-refractivity contribution < 1.29 is 9.00 Å². The Labute approximate surface area is 100 Å². The largest absolute Gasteiger partial charge is 0.354 e. The van der Waals surface area contributed by atoms with E-state index < -0.39 is 16.3 Å². The van der Waals surface area contributed by atoms with Gasteiger partial charge in [0, 0.05) is 29.4 Å². The third-order valence-electron chi connectivity index (χ3n) is 3.01. The van der Waals surface area contributed by atoms with Crippen molar-refractivity contribution in [3.8, 4) is 0 Å². The van der Waals surface area contributed by atoms with E-state index >= 15 is 0 Å². The van der Waals surface area contributed by atoms with Gasteiger partial charge in [0.1, 0.15) is 0 Å². The Morgan fingerprint density at radius 1 is 1.50 bits per heavy atom. The Morgan fingerprint density at radius 2 is 2.25 bits per heavy atom. The first-order valence-electron chi connectivity index (χ1n) is 5.88. The van der Waals surface area contributed by atoms with E-state index in [1.165, 1.54) is 0 Å². The fourth-order valence-corrected chi connectivity index (χ4v) is 2.47. The fourth-order valence-electron chi connectivity index (χ4n) is 1.92. The minimum absolute atomic E-state index is 0.0779. The van der Waals surface area contributed by atoms with Crippen LogP contribution in [0.3, 0.4) is 0 Å². The van der Waals surface area contributed by atoms with Gasteiger partial charge >= 0.3 is 0 Å². The molecule has 0 aromatic heterocycles. The van der Waals surface area contributed by atoms with Crippen molar-refractivity contribution in [1.29, 1.82) is 0 Å². The summed E-state index contributed by atoms with van der Waals surface area (Å²) in [7, 11) is -0.762. The molecule has 0 aromatic carbocycles. The number of rotatable bonds is 5. The van der Waals surface area contributed by atoms with E-state index in [-0.39, 0.29) is 5.91 Å². The lowest BCUT2D eigenvalue weighted by Gasteiger charge is -2.33. The molecule has 2 unspecified atom stereocenters. The summed E-state index contributed by atoms with van der Waals surface area (Å²) >= 11 is 0. The summed E-state index contributed by atoms with van der Waals surface area (Å²) in [5.41, 5.74) is -0.399. The minimum atomic E-state index is -0.762. The molecule has 4 nitrogen and oxygen atoms in total. The predicted molar refractivity (Wildman–Crippen MR) is 66.8 cm³/mol. The Kier molecular flexibility index (Phi) is 5.41. The third-order valence-corrected chi connectivity index (χ3v) is 3.88. The van der Waals surface area contributed by atoms with Crippen LogP contribution in [0.1, 0.15) is 32.6 Å². The Morgan fingerprint density at radius 3 is 2.81 bits per heavy atom. The van der Waals surface area contributed by atoms with E-state index in [9.17, 15) is 9.00 Å². The van der Waals surface area contributed by atoms with Crippen LogP contribution in [-0.4, -0.2) is 40.8 Å². The molecule has 16 heavy (non-hydrogen) atoms. The average Bonchev–Trinajstić information content (AvgIpc) is 2.25. The fraction of sp³-hybridized carbons (Fsp3) is 0.909. The van der Waals surface area contributed by atoms with Crippen molar-refractivity contribution in [2.24, 2.45) is 0 Å². The van der Waals surface area contributed by atoms with Gasteiger partial charge in [-0.05, 0) is 39.2 Å². The number of nitrogens with one attached hydrogen (secondary N) is 2. The topological polar surface area (TPSA) is 58.2 Å². The highest BCUT2D eigenvalue weighted by Crippen LogP contribution is 2.18. The van der Waals surface area contributed by atoms with Gasteiger partial charge in [-0.15, -0.1) is 0 Å². The van der Waals surface area contributed by atoms with E-state index in [0.717, 1.165) is 32.2 Å². The molecular formula is C11H22N2O2S. The van der Waals surface area contributed by atoms with Crippen LogP contribution in [0, 0.1) is 0 Å². The lowest BCUT2D eigenvalue weighted by atomic mass is 9.90. The maximum Gasteiger partial charge on any atom is 0.240 e. The van der Waals surface area contributed by atoms with E-state index in [1.807, 2.05) is 6.92 Å². The van der Waals surface area contributed by atoms with Crippen LogP contribution >= 0.6 is 0 Å². The molecule has 0 radical (unpaired) electrons. The monoisotopic (exact) mass is 246 g/mol. The zero-order chi connectivity index (χ0) is 12.0. The average molecular weight is 246 g/mol. The van der Waals surface area contributed by atoms with E-state index in [4.69, 9.17) is 0 Å². The number of amides is 1. The van der Waals surface area contributed by atoms with E-state index in [2.05, 4.69) is 10.6 Å². The summed E-state index contributed by atoms with van der Waals surface area (Å²) in [5, 5.41) is 6.19. The second-order valence-electron chi connectivity index (χ2n) is 4.60. The zero-order valence-corrected chi connectivity index (χ0v) is 11.0. The summed E-state index contributed by atoms with van der Waals surface area (Å²) in [6.45, 7) is 3.50. The summed E-state index contributed by atoms with van der Waals surface area (Å²) in [5.74, 6) is 0.735. The second-order valence-corrected chi connectivity index (χ2v) is 6.16. The van der Waals surface area contributed by atoms with Gasteiger partial charge in [-0.1, -0.05) is 0 Å². The number of carbonyl (C=O) groups excluding carboxylic acids is 1. The molecule has 1 fully saturated rings. The molecule has 1 heterocycles. The number of hydrogen-bond acceptors (Lipinski definition) is 3. The normalized spacial score (nSPS) is 27.4. The van der Waals surface area contributed by atoms with Gasteiger partial charge in [-0.25, -0.2) is 0 Å². The molecule has 5 heteroatoms. The third kappa shape index (κ3) is 4.22. The number of piperidine rings is 1. The molecular weight excluding hydrogens is 224 g/mol. The molecule has 0 aliphatic carbocycles. The van der Waals surface area contributed by atoms with Gasteiger partial charge in [0.05, 0.1) is 5.54 Å². The lowest BCUT2D eigenvalue weighted by molar-refractivity contribution is -0.127. The van der Waals surface area contributed by atoms with E-state index in [0.29, 0.717) is 12.3 Å². The van der Waals surface area contributed by atoms with Gasteiger partial charge in [0.2, 0.25) is 5.91 Å². The Balaban J connectivity index is 2.25. The molecule has 1 saturated heterocycles. The highest BCUT2D eigenvalue weighted by molar-refractivity contribution is 7.84. The van der Waals surface area contributed by atoms with Crippen LogP contribution in [0.5, 0.6) is 0 Å². The Bertz CT molecular complexity index is 263.